The van der Waals surface area contributed by atoms with Crippen molar-refractivity contribution in [3.05, 3.63) is 91.5 Å². The van der Waals surface area contributed by atoms with E-state index >= 15 is 0 Å². The summed E-state index contributed by atoms with van der Waals surface area (Å²) in [4.78, 5) is 0. The van der Waals surface area contributed by atoms with E-state index in [1.54, 1.807) is 0 Å². The first-order chi connectivity index (χ1) is 11.8. The van der Waals surface area contributed by atoms with Crippen molar-refractivity contribution < 1.29 is 26.2 Å². The molecular formula is C20H20Bi4Zr. The van der Waals surface area contributed by atoms with Crippen molar-refractivity contribution in [3.8, 4) is 0 Å². The Kier molecular flexibility index (Phi) is 28.2. The van der Waals surface area contributed by atoms with Crippen molar-refractivity contribution in [2.75, 3.05) is 0 Å². The Labute approximate surface area is 231 Å². The smallest absolute Gasteiger partial charge is 0.0622 e. The Morgan fingerprint density at radius 2 is 1.00 bits per heavy atom. The molecule has 0 N–H and O–H groups in total. The third-order valence-corrected chi connectivity index (χ3v) is 5.16. The zero-order valence-electron chi connectivity index (χ0n) is 13.9. The van der Waals surface area contributed by atoms with Crippen molar-refractivity contribution in [3.63, 3.8) is 0 Å². The Morgan fingerprint density at radius 3 is 1.20 bits per heavy atom. The molecule has 0 heterocycles. The fourth-order valence-corrected chi connectivity index (χ4v) is 7.32. The molecule has 0 aliphatic carbocycles. The first-order valence-electron chi connectivity index (χ1n) is 7.30. The molecule has 124 valence electrons. The van der Waals surface area contributed by atoms with Crippen molar-refractivity contribution in [1.82, 2.24) is 0 Å². The SMILES string of the molecule is [Bi]=[C-]C=[CH][BiH].[Bi]=[C-]C=[CH][BiH].[Zr+2].c1ccc(CCc2ccccc2)cc1. The van der Waals surface area contributed by atoms with Crippen LogP contribution in [-0.4, -0.2) is 105 Å². The second-order valence-corrected chi connectivity index (χ2v) is 9.00. The van der Waals surface area contributed by atoms with Crippen LogP contribution < -0.4 is 0 Å². The van der Waals surface area contributed by atoms with Gasteiger partial charge in [0.25, 0.3) is 0 Å². The molecule has 0 saturated heterocycles. The number of hydrogen-bond donors (Lipinski definition) is 0. The summed E-state index contributed by atoms with van der Waals surface area (Å²) in [6, 6.07) is 21.2. The number of rotatable bonds is 5. The maximum atomic E-state index is 2.98. The Balaban J connectivity index is 0. The molecule has 0 fully saturated rings. The Bertz CT molecular complexity index is 540. The van der Waals surface area contributed by atoms with Gasteiger partial charge in [-0.2, -0.15) is 0 Å². The van der Waals surface area contributed by atoms with Crippen LogP contribution >= 0.6 is 0 Å². The summed E-state index contributed by atoms with van der Waals surface area (Å²) in [6.07, 6.45) is 6.23. The van der Waals surface area contributed by atoms with Gasteiger partial charge >= 0.3 is 151 Å². The normalized spacial score (nSPS) is 9.20. The first kappa shape index (κ1) is 29.3. The molecule has 0 saturated carbocycles. The Hall–Kier alpha value is 2.08. The van der Waals surface area contributed by atoms with Gasteiger partial charge in [0.05, 0.1) is 0 Å². The number of hydrogen-bond acceptors (Lipinski definition) is 0. The molecule has 0 atom stereocenters. The minimum atomic E-state index is 0. The van der Waals surface area contributed by atoms with Gasteiger partial charge in [0.1, 0.15) is 0 Å². The molecule has 2 aromatic rings. The number of aryl methyl sites for hydroxylation is 2. The van der Waals surface area contributed by atoms with E-state index in [0.29, 0.717) is 0 Å². The summed E-state index contributed by atoms with van der Waals surface area (Å²) < 4.78 is 10.2. The first-order valence-corrected chi connectivity index (χ1v) is 15.3. The minimum absolute atomic E-state index is 0. The van der Waals surface area contributed by atoms with Crippen LogP contribution in [0.2, 0.25) is 0 Å². The predicted molar refractivity (Wildman–Crippen MR) is 114 cm³/mol. The summed E-state index contributed by atoms with van der Waals surface area (Å²) >= 11 is 4.84. The van der Waals surface area contributed by atoms with Gasteiger partial charge in [-0.1, -0.05) is 60.7 Å². The van der Waals surface area contributed by atoms with Crippen molar-refractivity contribution in [2.45, 2.75) is 12.8 Å². The van der Waals surface area contributed by atoms with E-state index < -0.39 is 0 Å². The van der Waals surface area contributed by atoms with Crippen LogP contribution in [0.3, 0.4) is 0 Å². The van der Waals surface area contributed by atoms with E-state index in [0.717, 1.165) is 12.8 Å². The van der Waals surface area contributed by atoms with Crippen molar-refractivity contribution >= 4 is 105 Å². The maximum absolute atomic E-state index is 2.98. The molecule has 0 amide bonds. The molecular weight excluding hydrogens is 1170 g/mol. The van der Waals surface area contributed by atoms with Gasteiger partial charge in [-0.15, -0.1) is 0 Å². The van der Waals surface area contributed by atoms with E-state index in [4.69, 9.17) is 0 Å². The third kappa shape index (κ3) is 20.6. The van der Waals surface area contributed by atoms with Gasteiger partial charge in [-0.25, -0.2) is 0 Å². The molecule has 2 rings (SSSR count). The quantitative estimate of drug-likeness (QED) is 0.318. The van der Waals surface area contributed by atoms with Gasteiger partial charge < -0.3 is 0 Å². The standard InChI is InChI=1S/C14H14.2C3H2.4Bi.Zr.2H/c1-3-7-13(8-4-1)11-12-14-9-5-2-6-10-14;2*1-3-2;;;;;;;/h1-10H,11-12H2;2*1,3H;;;;;;;/q;2*-1;;;;;+2;;. The molecule has 25 heavy (non-hydrogen) atoms. The second kappa shape index (κ2) is 24.1. The second-order valence-electron chi connectivity index (χ2n) is 4.40. The van der Waals surface area contributed by atoms with Gasteiger partial charge in [0.15, 0.2) is 0 Å². The molecule has 0 unspecified atom stereocenters. The van der Waals surface area contributed by atoms with E-state index in [1.165, 1.54) is 109 Å². The van der Waals surface area contributed by atoms with Crippen LogP contribution in [0.5, 0.6) is 0 Å². The van der Waals surface area contributed by atoms with E-state index in [1.807, 2.05) is 12.2 Å². The Morgan fingerprint density at radius 1 is 0.680 bits per heavy atom. The van der Waals surface area contributed by atoms with Crippen molar-refractivity contribution in [1.29, 1.82) is 0 Å². The zero-order chi connectivity index (χ0) is 17.9. The summed E-state index contributed by atoms with van der Waals surface area (Å²) in [7, 11) is 0. The average Bonchev–Trinajstić information content (AvgIpc) is 2.64. The minimum Gasteiger partial charge on any atom is -0.0622 e. The van der Waals surface area contributed by atoms with E-state index in [2.05, 4.69) is 75.6 Å². The molecule has 0 aliphatic heterocycles. The van der Waals surface area contributed by atoms with Gasteiger partial charge in [-0.05, 0) is 24.0 Å². The molecule has 4 radical (unpaired) electrons. The molecule has 0 spiro atoms. The molecule has 0 aliphatic rings. The fourth-order valence-electron chi connectivity index (χ4n) is 1.65. The van der Waals surface area contributed by atoms with Crippen LogP contribution in [-0.2, 0) is 39.0 Å². The van der Waals surface area contributed by atoms with Crippen LogP contribution in [0.1, 0.15) is 11.1 Å². The van der Waals surface area contributed by atoms with Crippen LogP contribution in [0.15, 0.2) is 80.4 Å². The summed E-state index contributed by atoms with van der Waals surface area (Å²) in [5.41, 5.74) is 2.83. The molecule has 0 aromatic heterocycles. The van der Waals surface area contributed by atoms with Gasteiger partial charge in [0.2, 0.25) is 0 Å². The molecule has 0 nitrogen and oxygen atoms in total. The van der Waals surface area contributed by atoms with Crippen LogP contribution in [0.25, 0.3) is 0 Å². The molecule has 2 aromatic carbocycles. The predicted octanol–water partition coefficient (Wildman–Crippen LogP) is 1.97. The fraction of sp³-hybridized carbons (Fsp3) is 0.100. The van der Waals surface area contributed by atoms with Gasteiger partial charge in [-0.3, -0.25) is 0 Å². The molecule has 0 bridgehead atoms. The average molecular weight is 1190 g/mol. The topological polar surface area (TPSA) is 0 Å². The summed E-state index contributed by atoms with van der Waals surface area (Å²) in [6.45, 7) is 0. The largest absolute Gasteiger partial charge is 2.00 e. The van der Waals surface area contributed by atoms with E-state index in [-0.39, 0.29) is 26.2 Å². The number of benzene rings is 2. The summed E-state index contributed by atoms with van der Waals surface area (Å²) in [5, 5.41) is 0. The number of allylic oxidation sites excluding steroid dienone is 2. The van der Waals surface area contributed by atoms with Gasteiger partial charge in [0, 0.05) is 0 Å². The van der Waals surface area contributed by atoms with Crippen LogP contribution in [0, 0.1) is 0 Å². The van der Waals surface area contributed by atoms with Crippen molar-refractivity contribution in [2.24, 2.45) is 0 Å². The van der Waals surface area contributed by atoms with Crippen LogP contribution in [0.4, 0.5) is 0 Å². The monoisotopic (exact) mass is 1190 g/mol. The molecule has 5 heteroatoms. The summed E-state index contributed by atoms with van der Waals surface area (Å²) in [5.74, 6) is 0. The maximum Gasteiger partial charge on any atom is 2.00 e. The zero-order valence-corrected chi connectivity index (χ0v) is 31.1. The third-order valence-electron chi connectivity index (χ3n) is 2.70. The van der Waals surface area contributed by atoms with E-state index in [9.17, 15) is 0 Å².